The topological polar surface area (TPSA) is 171 Å². The van der Waals surface area contributed by atoms with Gasteiger partial charge in [0, 0.05) is 18.4 Å². The monoisotopic (exact) mass is 372 g/mol. The number of aliphatic imine (C=N–C) groups is 1. The molecule has 0 aliphatic carbocycles. The molecule has 2 bridgehead atoms. The summed E-state index contributed by atoms with van der Waals surface area (Å²) >= 11 is 0. The van der Waals surface area contributed by atoms with Crippen LogP contribution in [0, 0.1) is 0 Å². The van der Waals surface area contributed by atoms with Gasteiger partial charge in [-0.05, 0) is 18.9 Å². The van der Waals surface area contributed by atoms with Gasteiger partial charge in [-0.25, -0.2) is 4.79 Å². The molecular weight excluding hydrogens is 356 g/mol. The Morgan fingerprint density at radius 2 is 2.28 bits per heavy atom. The number of fused-ring (bicyclic) bond motifs is 2. The van der Waals surface area contributed by atoms with Crippen LogP contribution in [0.4, 0.5) is 4.79 Å². The quantitative estimate of drug-likeness (QED) is 0.330. The Labute approximate surface area is 142 Å². The molecule has 0 aromatic carbocycles. The van der Waals surface area contributed by atoms with Gasteiger partial charge in [0.1, 0.15) is 5.84 Å². The van der Waals surface area contributed by atoms with E-state index in [4.69, 9.17) is 10.3 Å². The Morgan fingerprint density at radius 3 is 2.92 bits per heavy atom. The fourth-order valence-electron chi connectivity index (χ4n) is 2.94. The van der Waals surface area contributed by atoms with Gasteiger partial charge in [-0.15, -0.1) is 4.28 Å². The number of aromatic nitrogens is 2. The van der Waals surface area contributed by atoms with Crippen LogP contribution in [-0.2, 0) is 25.9 Å². The number of amidine groups is 1. The van der Waals surface area contributed by atoms with Crippen molar-refractivity contribution in [3.63, 3.8) is 0 Å². The van der Waals surface area contributed by atoms with E-state index in [2.05, 4.69) is 19.5 Å². The lowest BCUT2D eigenvalue weighted by Gasteiger charge is -2.29. The van der Waals surface area contributed by atoms with Gasteiger partial charge >= 0.3 is 16.4 Å². The number of nitrogens with zero attached hydrogens (tertiary/aromatic N) is 4. The van der Waals surface area contributed by atoms with Crippen molar-refractivity contribution in [1.82, 2.24) is 20.2 Å². The van der Waals surface area contributed by atoms with E-state index in [-0.39, 0.29) is 18.8 Å². The van der Waals surface area contributed by atoms with E-state index in [9.17, 15) is 18.0 Å². The molecule has 3 rings (SSSR count). The predicted octanol–water partition coefficient (Wildman–Crippen LogP) is -1.16. The summed E-state index contributed by atoms with van der Waals surface area (Å²) in [4.78, 5) is 29.3. The summed E-state index contributed by atoms with van der Waals surface area (Å²) in [7, 11) is -4.81. The second-order valence-corrected chi connectivity index (χ2v) is 6.70. The molecule has 3 amide bonds. The number of amides is 3. The number of hydroxylamine groups is 2. The number of hydrogen-bond donors (Lipinski definition) is 3. The molecule has 0 spiro atoms. The summed E-state index contributed by atoms with van der Waals surface area (Å²) in [6, 6.07) is -0.309. The molecule has 1 aromatic rings. The van der Waals surface area contributed by atoms with Crippen molar-refractivity contribution >= 4 is 28.2 Å². The highest BCUT2D eigenvalue weighted by Crippen LogP contribution is 2.30. The summed E-state index contributed by atoms with van der Waals surface area (Å²) in [5.74, 6) is -0.536. The summed E-state index contributed by atoms with van der Waals surface area (Å²) < 4.78 is 34.8. The van der Waals surface area contributed by atoms with E-state index in [0.717, 1.165) is 0 Å². The number of carbonyl (C=O) groups is 2. The molecule has 136 valence electrons. The molecule has 0 unspecified atom stereocenters. The van der Waals surface area contributed by atoms with Crippen LogP contribution in [0.5, 0.6) is 0 Å². The molecule has 13 heteroatoms. The van der Waals surface area contributed by atoms with Gasteiger partial charge in [0.25, 0.3) is 5.91 Å². The lowest BCUT2D eigenvalue weighted by atomic mass is 10.0. The van der Waals surface area contributed by atoms with E-state index in [0.29, 0.717) is 23.6 Å². The highest BCUT2D eigenvalue weighted by atomic mass is 32.3. The van der Waals surface area contributed by atoms with E-state index >= 15 is 0 Å². The zero-order valence-corrected chi connectivity index (χ0v) is 13.7. The second-order valence-electron chi connectivity index (χ2n) is 5.70. The van der Waals surface area contributed by atoms with Crippen molar-refractivity contribution in [2.24, 2.45) is 10.7 Å². The van der Waals surface area contributed by atoms with Crippen molar-refractivity contribution in [3.05, 3.63) is 18.0 Å². The van der Waals surface area contributed by atoms with Crippen LogP contribution >= 0.6 is 0 Å². The zero-order valence-electron chi connectivity index (χ0n) is 12.9. The molecular formula is C12H16N6O6S. The minimum atomic E-state index is -4.81. The Morgan fingerprint density at radius 1 is 1.52 bits per heavy atom. The second kappa shape index (κ2) is 6.42. The van der Waals surface area contributed by atoms with Crippen molar-refractivity contribution < 1.29 is 26.8 Å². The Hall–Kier alpha value is -2.51. The summed E-state index contributed by atoms with van der Waals surface area (Å²) in [6.07, 6.45) is 2.26. The number of H-pyrrole nitrogens is 1. The van der Waals surface area contributed by atoms with Crippen LogP contribution in [0.3, 0.4) is 0 Å². The van der Waals surface area contributed by atoms with Crippen LogP contribution in [0.1, 0.15) is 18.5 Å². The summed E-state index contributed by atoms with van der Waals surface area (Å²) in [5.41, 5.74) is 6.46. The number of nitrogens with one attached hydrogen (secondary N) is 1. The first-order chi connectivity index (χ1) is 11.7. The largest absolute Gasteiger partial charge is 0.418 e. The van der Waals surface area contributed by atoms with E-state index in [1.54, 1.807) is 6.07 Å². The standard InChI is InChI=1S/C12H16N6O6S/c13-11(15-10(19)5-7-3-4-14-16-7)9-2-1-8-6-17(9)12(20)18(8)24-25(21,22)23/h3-4,8-9H,1-2,5-6H2,(H,14,16)(H2,13,15,19)(H,21,22,23)/t8-,9+/m1/s1. The first kappa shape index (κ1) is 17.3. The molecule has 0 radical (unpaired) electrons. The van der Waals surface area contributed by atoms with Gasteiger partial charge in [-0.2, -0.15) is 23.6 Å². The van der Waals surface area contributed by atoms with E-state index < -0.39 is 34.4 Å². The van der Waals surface area contributed by atoms with Crippen LogP contribution in [0.25, 0.3) is 0 Å². The highest BCUT2D eigenvalue weighted by molar-refractivity contribution is 7.80. The van der Waals surface area contributed by atoms with Crippen molar-refractivity contribution in [2.45, 2.75) is 31.3 Å². The van der Waals surface area contributed by atoms with Gasteiger partial charge in [0.05, 0.1) is 18.5 Å². The van der Waals surface area contributed by atoms with Crippen LogP contribution in [0.15, 0.2) is 17.3 Å². The minimum Gasteiger partial charge on any atom is -0.385 e. The fraction of sp³-hybridized carbons (Fsp3) is 0.500. The maximum atomic E-state index is 12.3. The number of carbonyl (C=O) groups excluding carboxylic acids is 2. The smallest absolute Gasteiger partial charge is 0.385 e. The molecule has 2 aliphatic heterocycles. The molecule has 4 N–H and O–H groups in total. The van der Waals surface area contributed by atoms with Crippen LogP contribution in [-0.4, -0.2) is 69.5 Å². The molecule has 1 aromatic heterocycles. The van der Waals surface area contributed by atoms with Gasteiger partial charge in [0.2, 0.25) is 0 Å². The average molecular weight is 372 g/mol. The molecule has 25 heavy (non-hydrogen) atoms. The minimum absolute atomic E-state index is 0.0119. The number of nitrogens with two attached hydrogens (primary N) is 1. The van der Waals surface area contributed by atoms with E-state index in [1.165, 1.54) is 11.1 Å². The molecule has 2 fully saturated rings. The average Bonchev–Trinajstić information content (AvgIpc) is 3.09. The summed E-state index contributed by atoms with van der Waals surface area (Å²) in [6.45, 7) is 0.157. The normalized spacial score (nSPS) is 24.0. The molecule has 0 saturated carbocycles. The third-order valence-electron chi connectivity index (χ3n) is 3.99. The number of aromatic amines is 1. The lowest BCUT2D eigenvalue weighted by molar-refractivity contribution is -0.117. The number of urea groups is 1. The number of piperidine rings is 1. The van der Waals surface area contributed by atoms with Crippen molar-refractivity contribution in [1.29, 1.82) is 0 Å². The highest BCUT2D eigenvalue weighted by Gasteiger charge is 2.48. The lowest BCUT2D eigenvalue weighted by Crippen LogP contribution is -2.48. The first-order valence-electron chi connectivity index (χ1n) is 7.36. The van der Waals surface area contributed by atoms with Gasteiger partial charge < -0.3 is 10.6 Å². The summed E-state index contributed by atoms with van der Waals surface area (Å²) in [5, 5.41) is 6.96. The Balaban J connectivity index is 1.70. The third kappa shape index (κ3) is 3.78. The molecule has 12 nitrogen and oxygen atoms in total. The maximum Gasteiger partial charge on any atom is 0.418 e. The number of rotatable bonds is 5. The maximum absolute atomic E-state index is 12.3. The Bertz CT molecular complexity index is 806. The zero-order chi connectivity index (χ0) is 18.2. The van der Waals surface area contributed by atoms with Gasteiger partial charge in [-0.3, -0.25) is 14.4 Å². The van der Waals surface area contributed by atoms with Crippen LogP contribution in [0.2, 0.25) is 0 Å². The van der Waals surface area contributed by atoms with E-state index in [1.807, 2.05) is 0 Å². The van der Waals surface area contributed by atoms with Crippen molar-refractivity contribution in [2.75, 3.05) is 6.54 Å². The molecule has 2 atom stereocenters. The third-order valence-corrected chi connectivity index (χ3v) is 4.34. The molecule has 2 saturated heterocycles. The molecule has 2 aliphatic rings. The Kier molecular flexibility index (Phi) is 4.45. The predicted molar refractivity (Wildman–Crippen MR) is 82.3 cm³/mol. The molecule has 3 heterocycles. The van der Waals surface area contributed by atoms with Gasteiger partial charge in [-0.1, -0.05) is 0 Å². The SMILES string of the molecule is NC(=NC(=O)Cc1ccn[nH]1)[C@@H]1CC[C@@H]2CN1C(=O)N2OS(=O)(=O)O. The van der Waals surface area contributed by atoms with Crippen LogP contribution < -0.4 is 5.73 Å². The number of hydrogen-bond acceptors (Lipinski definition) is 6. The van der Waals surface area contributed by atoms with Crippen molar-refractivity contribution in [3.8, 4) is 0 Å². The fourth-order valence-corrected chi connectivity index (χ4v) is 3.33. The first-order valence-corrected chi connectivity index (χ1v) is 8.73. The van der Waals surface area contributed by atoms with Gasteiger partial charge in [0.15, 0.2) is 0 Å².